The Balaban J connectivity index is 2.84. The Hall–Kier alpha value is -2.41. The molecular weight excluding hydrogens is 302 g/mol. The number of benzene rings is 1. The topological polar surface area (TPSA) is 102 Å². The number of carboxylic acids is 1. The average Bonchev–Trinajstić information content (AvgIpc) is 2.50. The molecule has 0 bridgehead atoms. The van der Waals surface area contributed by atoms with Crippen molar-refractivity contribution in [3.05, 3.63) is 29.3 Å². The van der Waals surface area contributed by atoms with Gasteiger partial charge in [-0.3, -0.25) is 9.59 Å². The van der Waals surface area contributed by atoms with Gasteiger partial charge in [0.25, 0.3) is 0 Å². The predicted molar refractivity (Wildman–Crippen MR) is 82.8 cm³/mol. The zero-order valence-electron chi connectivity index (χ0n) is 13.4. The number of rotatable bonds is 9. The highest BCUT2D eigenvalue weighted by Crippen LogP contribution is 2.21. The SMILES string of the molecule is COCCC(NC(=O)Cc1cc(C(C)=O)ccc1OC)C(=O)O. The number of carboxylic acid groups (broad SMARTS) is 1. The van der Waals surface area contributed by atoms with Gasteiger partial charge in [-0.2, -0.15) is 0 Å². The summed E-state index contributed by atoms with van der Waals surface area (Å²) < 4.78 is 10.00. The van der Waals surface area contributed by atoms with Crippen molar-refractivity contribution in [3.63, 3.8) is 0 Å². The van der Waals surface area contributed by atoms with E-state index in [9.17, 15) is 14.4 Å². The fourth-order valence-electron chi connectivity index (χ4n) is 2.05. The summed E-state index contributed by atoms with van der Waals surface area (Å²) in [7, 11) is 2.92. The quantitative estimate of drug-likeness (QED) is 0.659. The van der Waals surface area contributed by atoms with Crippen molar-refractivity contribution >= 4 is 17.7 Å². The Morgan fingerprint density at radius 2 is 1.96 bits per heavy atom. The zero-order chi connectivity index (χ0) is 17.4. The molecule has 1 atom stereocenters. The minimum atomic E-state index is -1.13. The third-order valence-electron chi connectivity index (χ3n) is 3.28. The van der Waals surface area contributed by atoms with Crippen LogP contribution >= 0.6 is 0 Å². The third-order valence-corrected chi connectivity index (χ3v) is 3.28. The molecule has 1 amide bonds. The third kappa shape index (κ3) is 5.71. The summed E-state index contributed by atoms with van der Waals surface area (Å²) in [5.41, 5.74) is 0.983. The molecule has 0 fully saturated rings. The number of hydrogen-bond acceptors (Lipinski definition) is 5. The summed E-state index contributed by atoms with van der Waals surface area (Å²) in [6, 6.07) is 3.77. The summed E-state index contributed by atoms with van der Waals surface area (Å²) in [6.07, 6.45) is 0.0866. The van der Waals surface area contributed by atoms with Crippen LogP contribution in [0.3, 0.4) is 0 Å². The molecule has 7 nitrogen and oxygen atoms in total. The molecule has 23 heavy (non-hydrogen) atoms. The van der Waals surface area contributed by atoms with Crippen LogP contribution in [-0.4, -0.2) is 49.6 Å². The molecule has 7 heteroatoms. The molecule has 0 radical (unpaired) electrons. The van der Waals surface area contributed by atoms with Gasteiger partial charge in [0.1, 0.15) is 11.8 Å². The highest BCUT2D eigenvalue weighted by Gasteiger charge is 2.20. The van der Waals surface area contributed by atoms with Crippen LogP contribution in [-0.2, 0) is 20.7 Å². The van der Waals surface area contributed by atoms with Crippen LogP contribution < -0.4 is 10.1 Å². The number of Topliss-reactive ketones (excluding diaryl/α,β-unsaturated/α-hetero) is 1. The van der Waals surface area contributed by atoms with E-state index in [2.05, 4.69) is 5.32 Å². The van der Waals surface area contributed by atoms with Crippen LogP contribution in [0.25, 0.3) is 0 Å². The van der Waals surface area contributed by atoms with E-state index < -0.39 is 17.9 Å². The predicted octanol–water partition coefficient (Wildman–Crippen LogP) is 1.05. The molecule has 0 saturated carbocycles. The first-order chi connectivity index (χ1) is 10.9. The molecule has 126 valence electrons. The van der Waals surface area contributed by atoms with E-state index in [1.54, 1.807) is 18.2 Å². The van der Waals surface area contributed by atoms with E-state index >= 15 is 0 Å². The normalized spacial score (nSPS) is 11.6. The van der Waals surface area contributed by atoms with Crippen molar-refractivity contribution in [3.8, 4) is 5.75 Å². The number of nitrogens with one attached hydrogen (secondary N) is 1. The van der Waals surface area contributed by atoms with Gasteiger partial charge in [-0.15, -0.1) is 0 Å². The minimum absolute atomic E-state index is 0.0823. The largest absolute Gasteiger partial charge is 0.496 e. The number of carbonyl (C=O) groups is 3. The van der Waals surface area contributed by atoms with E-state index in [4.69, 9.17) is 14.6 Å². The number of ketones is 1. The molecule has 1 rings (SSSR count). The molecule has 1 aromatic carbocycles. The lowest BCUT2D eigenvalue weighted by atomic mass is 10.0. The maximum absolute atomic E-state index is 12.1. The fourth-order valence-corrected chi connectivity index (χ4v) is 2.05. The number of amides is 1. The summed E-state index contributed by atoms with van der Waals surface area (Å²) in [4.78, 5) is 34.6. The van der Waals surface area contributed by atoms with Crippen molar-refractivity contribution < 1.29 is 29.0 Å². The number of hydrogen-bond donors (Lipinski definition) is 2. The highest BCUT2D eigenvalue weighted by atomic mass is 16.5. The Morgan fingerprint density at radius 3 is 2.48 bits per heavy atom. The second-order valence-corrected chi connectivity index (χ2v) is 5.00. The Kier molecular flexibility index (Phi) is 7.21. The van der Waals surface area contributed by atoms with E-state index in [0.29, 0.717) is 16.9 Å². The first kappa shape index (κ1) is 18.6. The van der Waals surface area contributed by atoms with E-state index in [1.807, 2.05) is 0 Å². The Morgan fingerprint density at radius 1 is 1.26 bits per heavy atom. The molecule has 0 aliphatic heterocycles. The van der Waals surface area contributed by atoms with Gasteiger partial charge in [-0.1, -0.05) is 0 Å². The second kappa shape index (κ2) is 8.89. The first-order valence-corrected chi connectivity index (χ1v) is 7.08. The fraction of sp³-hybridized carbons (Fsp3) is 0.438. The lowest BCUT2D eigenvalue weighted by molar-refractivity contribution is -0.142. The second-order valence-electron chi connectivity index (χ2n) is 5.00. The number of methoxy groups -OCH3 is 2. The van der Waals surface area contributed by atoms with Crippen molar-refractivity contribution in [2.45, 2.75) is 25.8 Å². The van der Waals surface area contributed by atoms with Crippen LogP contribution in [0.2, 0.25) is 0 Å². The van der Waals surface area contributed by atoms with Gasteiger partial charge in [-0.05, 0) is 25.1 Å². The molecule has 0 heterocycles. The lowest BCUT2D eigenvalue weighted by Crippen LogP contribution is -2.42. The molecule has 2 N–H and O–H groups in total. The van der Waals surface area contributed by atoms with Crippen LogP contribution in [0.5, 0.6) is 5.75 Å². The summed E-state index contributed by atoms with van der Waals surface area (Å²) in [5, 5.41) is 11.5. The van der Waals surface area contributed by atoms with Crippen molar-refractivity contribution in [2.24, 2.45) is 0 Å². The molecular formula is C16H21NO6. The summed E-state index contributed by atoms with van der Waals surface area (Å²) in [5.74, 6) is -1.25. The van der Waals surface area contributed by atoms with E-state index in [-0.39, 0.29) is 25.2 Å². The highest BCUT2D eigenvalue weighted by molar-refractivity contribution is 5.95. The van der Waals surface area contributed by atoms with Crippen molar-refractivity contribution in [2.75, 3.05) is 20.8 Å². The Bertz CT molecular complexity index is 584. The van der Waals surface area contributed by atoms with Gasteiger partial charge < -0.3 is 19.9 Å². The van der Waals surface area contributed by atoms with Crippen LogP contribution in [0.4, 0.5) is 0 Å². The lowest BCUT2D eigenvalue weighted by Gasteiger charge is -2.15. The zero-order valence-corrected chi connectivity index (χ0v) is 13.4. The molecule has 0 spiro atoms. The molecule has 0 saturated heterocycles. The van der Waals surface area contributed by atoms with Crippen LogP contribution in [0.15, 0.2) is 18.2 Å². The van der Waals surface area contributed by atoms with Crippen molar-refractivity contribution in [1.29, 1.82) is 0 Å². The average molecular weight is 323 g/mol. The number of aliphatic carboxylic acids is 1. The van der Waals surface area contributed by atoms with Gasteiger partial charge in [-0.25, -0.2) is 4.79 Å². The standard InChI is InChI=1S/C16H21NO6/c1-10(18)11-4-5-14(23-3)12(8-11)9-15(19)17-13(16(20)21)6-7-22-2/h4-5,8,13H,6-7,9H2,1-3H3,(H,17,19)(H,20,21). The molecule has 0 aliphatic carbocycles. The molecule has 0 aromatic heterocycles. The van der Waals surface area contributed by atoms with E-state index in [1.165, 1.54) is 21.1 Å². The molecule has 1 unspecified atom stereocenters. The van der Waals surface area contributed by atoms with Gasteiger partial charge in [0.15, 0.2) is 5.78 Å². The van der Waals surface area contributed by atoms with Crippen LogP contribution in [0.1, 0.15) is 29.3 Å². The maximum atomic E-state index is 12.1. The van der Waals surface area contributed by atoms with Crippen molar-refractivity contribution in [1.82, 2.24) is 5.32 Å². The smallest absolute Gasteiger partial charge is 0.326 e. The monoisotopic (exact) mass is 323 g/mol. The maximum Gasteiger partial charge on any atom is 0.326 e. The van der Waals surface area contributed by atoms with Gasteiger partial charge in [0.2, 0.25) is 5.91 Å². The van der Waals surface area contributed by atoms with Gasteiger partial charge in [0.05, 0.1) is 13.5 Å². The Labute approximate surface area is 134 Å². The number of ether oxygens (including phenoxy) is 2. The van der Waals surface area contributed by atoms with Gasteiger partial charge in [0, 0.05) is 31.3 Å². The summed E-state index contributed by atoms with van der Waals surface area (Å²) in [6.45, 7) is 1.65. The van der Waals surface area contributed by atoms with E-state index in [0.717, 1.165) is 0 Å². The van der Waals surface area contributed by atoms with Gasteiger partial charge >= 0.3 is 5.97 Å². The number of carbonyl (C=O) groups excluding carboxylic acids is 2. The minimum Gasteiger partial charge on any atom is -0.496 e. The van der Waals surface area contributed by atoms with Crippen LogP contribution in [0, 0.1) is 0 Å². The summed E-state index contributed by atoms with van der Waals surface area (Å²) >= 11 is 0. The first-order valence-electron chi connectivity index (χ1n) is 7.08. The molecule has 0 aliphatic rings. The molecule has 1 aromatic rings.